The number of carbonyl (C=O) groups is 1. The number of amides is 1. The minimum atomic E-state index is -0.222. The van der Waals surface area contributed by atoms with Crippen LogP contribution in [0.3, 0.4) is 0 Å². The van der Waals surface area contributed by atoms with Crippen molar-refractivity contribution in [2.75, 3.05) is 32.8 Å². The number of ether oxygens (including phenoxy) is 1. The third-order valence-corrected chi connectivity index (χ3v) is 3.90. The number of aromatic nitrogens is 3. The maximum absolute atomic E-state index is 11.7. The van der Waals surface area contributed by atoms with Crippen LogP contribution >= 0.6 is 0 Å². The fourth-order valence-electron chi connectivity index (χ4n) is 2.63. The number of rotatable bonds is 4. The molecule has 0 radical (unpaired) electrons. The van der Waals surface area contributed by atoms with Crippen molar-refractivity contribution in [3.8, 4) is 11.5 Å². The lowest BCUT2D eigenvalue weighted by Gasteiger charge is -2.33. The van der Waals surface area contributed by atoms with E-state index in [1.165, 1.54) is 0 Å². The summed E-state index contributed by atoms with van der Waals surface area (Å²) in [6, 6.07) is 5.68. The standard InChI is InChI=1S/C17H21N5O2/c1-2-24-17(23)22-9-7-21(8-10-22)13-14-11-19-16(20-12-14)15-5-3-4-6-18-15/h3-6,11-12H,2,7-10,13H2,1H3. The summed E-state index contributed by atoms with van der Waals surface area (Å²) in [5, 5.41) is 0. The molecule has 1 amide bonds. The lowest BCUT2D eigenvalue weighted by Crippen LogP contribution is -2.48. The number of carbonyl (C=O) groups excluding carboxylic acids is 1. The highest BCUT2D eigenvalue weighted by Crippen LogP contribution is 2.12. The van der Waals surface area contributed by atoms with Gasteiger partial charge in [-0.15, -0.1) is 0 Å². The van der Waals surface area contributed by atoms with Crippen LogP contribution < -0.4 is 0 Å². The monoisotopic (exact) mass is 327 g/mol. The average Bonchev–Trinajstić information content (AvgIpc) is 2.64. The van der Waals surface area contributed by atoms with Crippen LogP contribution in [0.1, 0.15) is 12.5 Å². The zero-order chi connectivity index (χ0) is 16.8. The molecule has 0 spiro atoms. The molecule has 0 atom stereocenters. The molecule has 0 aliphatic carbocycles. The first-order valence-electron chi connectivity index (χ1n) is 8.12. The van der Waals surface area contributed by atoms with Gasteiger partial charge in [0.05, 0.1) is 6.61 Å². The predicted molar refractivity (Wildman–Crippen MR) is 89.1 cm³/mol. The maximum atomic E-state index is 11.7. The van der Waals surface area contributed by atoms with E-state index in [0.717, 1.165) is 30.9 Å². The average molecular weight is 327 g/mol. The van der Waals surface area contributed by atoms with Crippen LogP contribution in [0.2, 0.25) is 0 Å². The first-order valence-corrected chi connectivity index (χ1v) is 8.12. The van der Waals surface area contributed by atoms with E-state index in [1.54, 1.807) is 11.1 Å². The fourth-order valence-corrected chi connectivity index (χ4v) is 2.63. The van der Waals surface area contributed by atoms with E-state index in [1.807, 2.05) is 37.5 Å². The fraction of sp³-hybridized carbons (Fsp3) is 0.412. The summed E-state index contributed by atoms with van der Waals surface area (Å²) in [5.41, 5.74) is 1.83. The minimum Gasteiger partial charge on any atom is -0.450 e. The highest BCUT2D eigenvalue weighted by Gasteiger charge is 2.21. The number of nitrogens with zero attached hydrogens (tertiary/aromatic N) is 5. The number of hydrogen-bond donors (Lipinski definition) is 0. The molecule has 0 unspecified atom stereocenters. The summed E-state index contributed by atoms with van der Waals surface area (Å²) >= 11 is 0. The van der Waals surface area contributed by atoms with Crippen molar-refractivity contribution in [1.82, 2.24) is 24.8 Å². The molecular formula is C17H21N5O2. The van der Waals surface area contributed by atoms with E-state index in [2.05, 4.69) is 19.9 Å². The molecule has 1 aliphatic rings. The number of piperazine rings is 1. The molecule has 1 fully saturated rings. The van der Waals surface area contributed by atoms with Crippen LogP contribution in [0.25, 0.3) is 11.5 Å². The molecule has 1 saturated heterocycles. The van der Waals surface area contributed by atoms with Gasteiger partial charge in [-0.05, 0) is 19.1 Å². The molecule has 0 bridgehead atoms. The van der Waals surface area contributed by atoms with Crippen LogP contribution in [0, 0.1) is 0 Å². The Labute approximate surface area is 141 Å². The second kappa shape index (κ2) is 7.83. The Balaban J connectivity index is 1.53. The summed E-state index contributed by atoms with van der Waals surface area (Å²) in [4.78, 5) is 28.8. The third kappa shape index (κ3) is 4.05. The summed E-state index contributed by atoms with van der Waals surface area (Å²) in [7, 11) is 0. The van der Waals surface area contributed by atoms with Crippen LogP contribution in [0.15, 0.2) is 36.8 Å². The molecule has 126 valence electrons. The highest BCUT2D eigenvalue weighted by molar-refractivity contribution is 5.67. The molecule has 3 rings (SSSR count). The smallest absolute Gasteiger partial charge is 0.409 e. The lowest BCUT2D eigenvalue weighted by atomic mass is 10.2. The third-order valence-electron chi connectivity index (χ3n) is 3.90. The van der Waals surface area contributed by atoms with Gasteiger partial charge in [0.15, 0.2) is 5.82 Å². The van der Waals surface area contributed by atoms with Gasteiger partial charge in [0.25, 0.3) is 0 Å². The van der Waals surface area contributed by atoms with Crippen molar-refractivity contribution in [3.05, 3.63) is 42.4 Å². The Kier molecular flexibility index (Phi) is 5.32. The normalized spacial score (nSPS) is 15.3. The van der Waals surface area contributed by atoms with Gasteiger partial charge in [0.1, 0.15) is 5.69 Å². The first-order chi connectivity index (χ1) is 11.8. The van der Waals surface area contributed by atoms with Gasteiger partial charge in [0, 0.05) is 56.9 Å². The van der Waals surface area contributed by atoms with Crippen molar-refractivity contribution < 1.29 is 9.53 Å². The SMILES string of the molecule is CCOC(=O)N1CCN(Cc2cnc(-c3ccccn3)nc2)CC1. The lowest BCUT2D eigenvalue weighted by molar-refractivity contribution is 0.0778. The molecule has 24 heavy (non-hydrogen) atoms. The van der Waals surface area contributed by atoms with Crippen LogP contribution in [0.4, 0.5) is 4.79 Å². The predicted octanol–water partition coefficient (Wildman–Crippen LogP) is 1.81. The Morgan fingerprint density at radius 3 is 2.50 bits per heavy atom. The molecule has 7 heteroatoms. The van der Waals surface area contributed by atoms with E-state index in [0.29, 0.717) is 25.5 Å². The van der Waals surface area contributed by atoms with Gasteiger partial charge < -0.3 is 9.64 Å². The minimum absolute atomic E-state index is 0.222. The molecule has 2 aromatic rings. The molecule has 0 saturated carbocycles. The second-order valence-electron chi connectivity index (χ2n) is 5.59. The van der Waals surface area contributed by atoms with E-state index >= 15 is 0 Å². The molecule has 0 aromatic carbocycles. The number of hydrogen-bond acceptors (Lipinski definition) is 6. The zero-order valence-corrected chi connectivity index (χ0v) is 13.8. The van der Waals surface area contributed by atoms with E-state index in [-0.39, 0.29) is 6.09 Å². The summed E-state index contributed by atoms with van der Waals surface area (Å²) < 4.78 is 5.03. The molecule has 2 aromatic heterocycles. The van der Waals surface area contributed by atoms with Crippen LogP contribution in [-0.2, 0) is 11.3 Å². The molecule has 1 aliphatic heterocycles. The van der Waals surface area contributed by atoms with Gasteiger partial charge in [0.2, 0.25) is 0 Å². The van der Waals surface area contributed by atoms with Crippen LogP contribution in [0.5, 0.6) is 0 Å². The molecular weight excluding hydrogens is 306 g/mol. The summed E-state index contributed by atoms with van der Waals surface area (Å²) in [6.45, 7) is 6.03. The first kappa shape index (κ1) is 16.3. The van der Waals surface area contributed by atoms with Gasteiger partial charge in [-0.2, -0.15) is 0 Å². The Morgan fingerprint density at radius 2 is 1.88 bits per heavy atom. The van der Waals surface area contributed by atoms with Crippen molar-refractivity contribution in [2.24, 2.45) is 0 Å². The van der Waals surface area contributed by atoms with Gasteiger partial charge in [-0.3, -0.25) is 9.88 Å². The summed E-state index contributed by atoms with van der Waals surface area (Å²) in [5.74, 6) is 0.631. The van der Waals surface area contributed by atoms with Crippen molar-refractivity contribution in [1.29, 1.82) is 0 Å². The Morgan fingerprint density at radius 1 is 1.12 bits per heavy atom. The molecule has 3 heterocycles. The van der Waals surface area contributed by atoms with E-state index in [9.17, 15) is 4.79 Å². The largest absolute Gasteiger partial charge is 0.450 e. The molecule has 7 nitrogen and oxygen atoms in total. The zero-order valence-electron chi connectivity index (χ0n) is 13.8. The van der Waals surface area contributed by atoms with E-state index in [4.69, 9.17) is 4.74 Å². The second-order valence-corrected chi connectivity index (χ2v) is 5.59. The Bertz CT molecular complexity index is 654. The van der Waals surface area contributed by atoms with Gasteiger partial charge in [-0.1, -0.05) is 6.07 Å². The van der Waals surface area contributed by atoms with Crippen LogP contribution in [-0.4, -0.2) is 63.6 Å². The van der Waals surface area contributed by atoms with Crippen molar-refractivity contribution in [2.45, 2.75) is 13.5 Å². The summed E-state index contributed by atoms with van der Waals surface area (Å²) in [6.07, 6.45) is 5.19. The maximum Gasteiger partial charge on any atom is 0.409 e. The Hall–Kier alpha value is -2.54. The van der Waals surface area contributed by atoms with Crippen molar-refractivity contribution in [3.63, 3.8) is 0 Å². The van der Waals surface area contributed by atoms with Gasteiger partial charge in [-0.25, -0.2) is 14.8 Å². The topological polar surface area (TPSA) is 71.5 Å². The highest BCUT2D eigenvalue weighted by atomic mass is 16.6. The van der Waals surface area contributed by atoms with Crippen molar-refractivity contribution >= 4 is 6.09 Å². The number of pyridine rings is 1. The van der Waals surface area contributed by atoms with Gasteiger partial charge >= 0.3 is 6.09 Å². The van der Waals surface area contributed by atoms with E-state index < -0.39 is 0 Å². The quantitative estimate of drug-likeness (QED) is 0.853. The molecule has 0 N–H and O–H groups in total.